The molecule has 0 amide bonds. The molecule has 0 unspecified atom stereocenters. The number of likely N-dealkylation sites (tertiary alicyclic amines) is 1. The summed E-state index contributed by atoms with van der Waals surface area (Å²) >= 11 is 0. The molecule has 2 aliphatic rings. The summed E-state index contributed by atoms with van der Waals surface area (Å²) in [4.78, 5) is 36.6. The monoisotopic (exact) mass is 478 g/mol. The molecular weight excluding hydrogens is 444 g/mol. The van der Waals surface area contributed by atoms with Crippen LogP contribution in [-0.4, -0.2) is 59.5 Å². The summed E-state index contributed by atoms with van der Waals surface area (Å²) in [5.41, 5.74) is 4.92. The smallest absolute Gasteiger partial charge is 0.328 e. The predicted molar refractivity (Wildman–Crippen MR) is 136 cm³/mol. The number of piperidine rings is 1. The number of anilines is 1. The van der Waals surface area contributed by atoms with Crippen LogP contribution in [0.3, 0.4) is 0 Å². The Morgan fingerprint density at radius 3 is 2.23 bits per heavy atom. The number of carbonyl (C=O) groups excluding carboxylic acids is 1. The van der Waals surface area contributed by atoms with Crippen molar-refractivity contribution < 1.29 is 24.6 Å². The zero-order valence-corrected chi connectivity index (χ0v) is 20.2. The number of nitrogens with zero attached hydrogens (tertiary/aromatic N) is 2. The average molecular weight is 479 g/mol. The number of carboxylic acid groups (broad SMARTS) is 2. The van der Waals surface area contributed by atoms with Crippen LogP contribution >= 0.6 is 0 Å². The van der Waals surface area contributed by atoms with Crippen LogP contribution in [0, 0.1) is 5.92 Å². The van der Waals surface area contributed by atoms with E-state index >= 15 is 0 Å². The van der Waals surface area contributed by atoms with Crippen molar-refractivity contribution in [3.8, 4) is 0 Å². The number of carbonyl (C=O) groups is 3. The number of rotatable bonds is 8. The van der Waals surface area contributed by atoms with Crippen LogP contribution in [0.15, 0.2) is 60.7 Å². The normalized spacial score (nSPS) is 16.0. The molecule has 7 nitrogen and oxygen atoms in total. The third kappa shape index (κ3) is 8.37. The van der Waals surface area contributed by atoms with Crippen LogP contribution in [0.25, 0.3) is 0 Å². The van der Waals surface area contributed by atoms with Crippen molar-refractivity contribution in [2.75, 3.05) is 31.6 Å². The number of carboxylic acids is 2. The minimum absolute atomic E-state index is 0.319. The number of hydrogen-bond acceptors (Lipinski definition) is 5. The number of ketones is 1. The zero-order chi connectivity index (χ0) is 25.2. The Bertz CT molecular complexity index is 1030. The first-order chi connectivity index (χ1) is 16.8. The molecule has 0 atom stereocenters. The molecule has 4 rings (SSSR count). The molecule has 0 aliphatic carbocycles. The van der Waals surface area contributed by atoms with Gasteiger partial charge in [0, 0.05) is 50.0 Å². The maximum absolute atomic E-state index is 12.7. The highest BCUT2D eigenvalue weighted by molar-refractivity contribution is 5.96. The van der Waals surface area contributed by atoms with Crippen molar-refractivity contribution >= 4 is 23.4 Å². The molecule has 0 bridgehead atoms. The number of aliphatic carboxylic acids is 2. The molecule has 2 heterocycles. The molecule has 2 aromatic carbocycles. The highest BCUT2D eigenvalue weighted by Gasteiger charge is 2.21. The number of likely N-dealkylation sites (N-methyl/N-ethyl adjacent to an activating group) is 1. The molecular formula is C28H34N2O5. The van der Waals surface area contributed by atoms with Gasteiger partial charge >= 0.3 is 11.9 Å². The summed E-state index contributed by atoms with van der Waals surface area (Å²) in [7, 11) is 2.12. The van der Waals surface area contributed by atoms with Gasteiger partial charge in [-0.1, -0.05) is 30.3 Å². The Balaban J connectivity index is 0.000000371. The van der Waals surface area contributed by atoms with E-state index in [0.717, 1.165) is 44.6 Å². The molecule has 0 spiro atoms. The average Bonchev–Trinajstić information content (AvgIpc) is 3.23. The molecule has 1 fully saturated rings. The first-order valence-electron chi connectivity index (χ1n) is 12.1. The van der Waals surface area contributed by atoms with Crippen molar-refractivity contribution in [1.29, 1.82) is 0 Å². The van der Waals surface area contributed by atoms with Gasteiger partial charge in [0.1, 0.15) is 0 Å². The molecule has 186 valence electrons. The van der Waals surface area contributed by atoms with E-state index in [-0.39, 0.29) is 0 Å². The maximum atomic E-state index is 12.7. The molecule has 1 saturated heterocycles. The fourth-order valence-electron chi connectivity index (χ4n) is 4.64. The van der Waals surface area contributed by atoms with Gasteiger partial charge in [-0.15, -0.1) is 0 Å². The van der Waals surface area contributed by atoms with E-state index in [1.807, 2.05) is 6.07 Å². The molecule has 2 aliphatic heterocycles. The summed E-state index contributed by atoms with van der Waals surface area (Å²) in [6.45, 7) is 4.42. The second-order valence-electron chi connectivity index (χ2n) is 9.19. The highest BCUT2D eigenvalue weighted by atomic mass is 16.4. The van der Waals surface area contributed by atoms with Crippen LogP contribution in [0.2, 0.25) is 0 Å². The lowest BCUT2D eigenvalue weighted by atomic mass is 9.90. The summed E-state index contributed by atoms with van der Waals surface area (Å²) < 4.78 is 0. The van der Waals surface area contributed by atoms with Crippen LogP contribution in [0.1, 0.15) is 47.2 Å². The second-order valence-corrected chi connectivity index (χ2v) is 9.19. The van der Waals surface area contributed by atoms with E-state index in [4.69, 9.17) is 10.2 Å². The minimum Gasteiger partial charge on any atom is -0.478 e. The van der Waals surface area contributed by atoms with Gasteiger partial charge in [0.25, 0.3) is 0 Å². The van der Waals surface area contributed by atoms with Gasteiger partial charge in [0.05, 0.1) is 0 Å². The van der Waals surface area contributed by atoms with Crippen molar-refractivity contribution in [3.63, 3.8) is 0 Å². The number of hydrogen-bond donors (Lipinski definition) is 2. The van der Waals surface area contributed by atoms with E-state index in [1.165, 1.54) is 29.7 Å². The third-order valence-electron chi connectivity index (χ3n) is 6.63. The van der Waals surface area contributed by atoms with E-state index in [0.29, 0.717) is 30.3 Å². The largest absolute Gasteiger partial charge is 0.478 e. The second kappa shape index (κ2) is 12.9. The van der Waals surface area contributed by atoms with E-state index < -0.39 is 11.9 Å². The molecule has 0 saturated carbocycles. The summed E-state index contributed by atoms with van der Waals surface area (Å²) in [6.07, 6.45) is 6.34. The van der Waals surface area contributed by atoms with Crippen LogP contribution in [0.4, 0.5) is 5.69 Å². The highest BCUT2D eigenvalue weighted by Crippen LogP contribution is 2.29. The van der Waals surface area contributed by atoms with Crippen molar-refractivity contribution in [2.45, 2.75) is 38.6 Å². The van der Waals surface area contributed by atoms with Gasteiger partial charge in [-0.25, -0.2) is 9.59 Å². The van der Waals surface area contributed by atoms with Gasteiger partial charge in [-0.3, -0.25) is 9.69 Å². The zero-order valence-electron chi connectivity index (χ0n) is 20.2. The Morgan fingerprint density at radius 2 is 1.60 bits per heavy atom. The Labute approximate surface area is 206 Å². The Morgan fingerprint density at radius 1 is 0.943 bits per heavy atom. The van der Waals surface area contributed by atoms with Crippen LogP contribution < -0.4 is 4.90 Å². The minimum atomic E-state index is -1.26. The van der Waals surface area contributed by atoms with Crippen molar-refractivity contribution in [1.82, 2.24) is 4.90 Å². The molecule has 35 heavy (non-hydrogen) atoms. The molecule has 7 heteroatoms. The van der Waals surface area contributed by atoms with Gasteiger partial charge in [0.2, 0.25) is 0 Å². The number of benzene rings is 2. The van der Waals surface area contributed by atoms with Gasteiger partial charge in [-0.05, 0) is 74.0 Å². The molecule has 0 aromatic heterocycles. The summed E-state index contributed by atoms with van der Waals surface area (Å²) in [5.74, 6) is -1.50. The SMILES string of the molecule is CN1CCc2cc(C(=O)CCC3CCN(Cc4ccccc4)CC3)ccc21.O=C(O)C=CC(=O)O. The lowest BCUT2D eigenvalue weighted by Crippen LogP contribution is -2.33. The van der Waals surface area contributed by atoms with Gasteiger partial charge < -0.3 is 15.1 Å². The van der Waals surface area contributed by atoms with Crippen molar-refractivity contribution in [2.24, 2.45) is 5.92 Å². The van der Waals surface area contributed by atoms with Crippen LogP contribution in [-0.2, 0) is 22.6 Å². The topological polar surface area (TPSA) is 98.2 Å². The standard InChI is InChI=1S/C24H30N2O.C4H4O4/c1-25-14-13-21-17-22(8-9-23(21)25)24(27)10-7-19-11-15-26(16-12-19)18-20-5-3-2-4-6-20;5-3(6)1-2-4(7)8/h2-6,8-9,17,19H,7,10-16,18H2,1H3;1-2H,(H,5,6)(H,7,8). The number of fused-ring (bicyclic) bond motifs is 1. The lowest BCUT2D eigenvalue weighted by Gasteiger charge is -2.32. The molecule has 2 aromatic rings. The fraction of sp³-hybridized carbons (Fsp3) is 0.393. The molecule has 2 N–H and O–H groups in total. The Kier molecular flexibility index (Phi) is 9.61. The van der Waals surface area contributed by atoms with Crippen molar-refractivity contribution in [3.05, 3.63) is 77.4 Å². The Hall–Kier alpha value is -3.45. The first kappa shape index (κ1) is 26.2. The van der Waals surface area contributed by atoms with E-state index in [1.54, 1.807) is 0 Å². The summed E-state index contributed by atoms with van der Waals surface area (Å²) in [5, 5.41) is 15.6. The lowest BCUT2D eigenvalue weighted by molar-refractivity contribution is -0.134. The quantitative estimate of drug-likeness (QED) is 0.432. The third-order valence-corrected chi connectivity index (χ3v) is 6.63. The predicted octanol–water partition coefficient (Wildman–Crippen LogP) is 4.27. The van der Waals surface area contributed by atoms with E-state index in [9.17, 15) is 14.4 Å². The molecule has 0 radical (unpaired) electrons. The maximum Gasteiger partial charge on any atom is 0.328 e. The van der Waals surface area contributed by atoms with Crippen LogP contribution in [0.5, 0.6) is 0 Å². The number of Topliss-reactive ketones (excluding diaryl/α,β-unsaturated/α-hetero) is 1. The van der Waals surface area contributed by atoms with Gasteiger partial charge in [0.15, 0.2) is 5.78 Å². The first-order valence-corrected chi connectivity index (χ1v) is 12.1. The van der Waals surface area contributed by atoms with E-state index in [2.05, 4.69) is 59.3 Å². The van der Waals surface area contributed by atoms with Gasteiger partial charge in [-0.2, -0.15) is 0 Å². The fourth-order valence-corrected chi connectivity index (χ4v) is 4.64. The summed E-state index contributed by atoms with van der Waals surface area (Å²) in [6, 6.07) is 17.0.